The van der Waals surface area contributed by atoms with E-state index in [4.69, 9.17) is 39.5 Å². The minimum Gasteiger partial charge on any atom is -0.508 e. The summed E-state index contributed by atoms with van der Waals surface area (Å²) in [6.07, 6.45) is -8.00. The van der Waals surface area contributed by atoms with Crippen LogP contribution >= 0.6 is 0 Å². The average molecular weight is 1750 g/mol. The molecule has 49 nitrogen and oxygen atoms in total. The Hall–Kier alpha value is -12.1. The molecule has 0 bridgehead atoms. The van der Waals surface area contributed by atoms with E-state index in [0.29, 0.717) is 12.0 Å². The summed E-state index contributed by atoms with van der Waals surface area (Å²) in [5.74, 6) is -25.6. The summed E-state index contributed by atoms with van der Waals surface area (Å²) >= 11 is 0. The number of hydrogen-bond acceptors (Lipinski definition) is 28. The number of hydrogen-bond donors (Lipinski definition) is 29. The number of nitrogens with zero attached hydrogens (tertiary/aromatic N) is 1. The van der Waals surface area contributed by atoms with Gasteiger partial charge in [-0.1, -0.05) is 53.7 Å². The second kappa shape index (κ2) is 56.5. The lowest BCUT2D eigenvalue weighted by Crippen LogP contribution is -2.63. The molecule has 0 aromatic heterocycles. The summed E-state index contributed by atoms with van der Waals surface area (Å²) in [6.45, 7) is 5.98. The molecule has 1 aromatic rings. The number of benzene rings is 1. The van der Waals surface area contributed by atoms with Crippen LogP contribution in [0.1, 0.15) is 150 Å². The first-order valence-electron chi connectivity index (χ1n) is 39.5. The number of carboxylic acid groups (broad SMARTS) is 3. The number of rotatable bonds is 61. The molecule has 692 valence electrons. The van der Waals surface area contributed by atoms with E-state index in [1.165, 1.54) is 24.3 Å². The van der Waals surface area contributed by atoms with E-state index in [1.54, 1.807) is 41.5 Å². The molecule has 49 heteroatoms. The van der Waals surface area contributed by atoms with Crippen LogP contribution in [0.3, 0.4) is 0 Å². The predicted octanol–water partition coefficient (Wildman–Crippen LogP) is -11.3. The molecule has 35 N–H and O–H groups in total. The monoisotopic (exact) mass is 1750 g/mol. The Morgan fingerprint density at radius 3 is 0.992 bits per heavy atom. The Balaban J connectivity index is 3.60. The molecule has 0 aliphatic rings. The number of aliphatic imine (C=N–C) groups is 1. The predicted molar refractivity (Wildman–Crippen MR) is 432 cm³/mol. The standard InChI is InChI=1S/C74H123N21O28/c1-34(2)25-46(87-67(116)49(29-55(78)103)90-72(121)58(37(7)100)95-71(120)53(33-99)94-66(115)48(27-36(5)6)89-69(118)50(30-96)91-59(108)40(76)28-38-13-15-39(101)16-14-38)65(114)85-43(17-20-54(77)102)62(111)84-44(18-21-56(104)105)63(112)93-52(32-98)70(119)88-47(26-35(3)4)64(113)82-42(12-10-24-81-74(79)80)61(110)92-51(31-97)68(117)83-41(11-8-9-23-75)60(109)86-45(73(122)123)19-22-57(106)107/h13-16,34-37,40-53,58,96-101H,8-12,17-33,75-76H2,1-7H3,(H2,77,102)(H2,78,103)(H,82,113)(H,83,117)(H,84,111)(H,85,114)(H,86,109)(H,87,116)(H,88,119)(H,89,118)(H,90,121)(H,91,108)(H,92,110)(H,93,112)(H,94,115)(H,95,120)(H,104,105)(H,106,107)(H,122,123)(H4,79,80,81)/t37-,40+,41+,42+,43+,44+,45+,46+,47+,48+,49+,50+,51+,52+,53+,58+/m1/s1. The van der Waals surface area contributed by atoms with Crippen LogP contribution < -0.4 is 109 Å². The van der Waals surface area contributed by atoms with E-state index in [9.17, 15) is 132 Å². The molecule has 0 saturated heterocycles. The number of nitrogens with one attached hydrogen (secondary N) is 14. The molecule has 0 unspecified atom stereocenters. The largest absolute Gasteiger partial charge is 0.508 e. The van der Waals surface area contributed by atoms with Gasteiger partial charge in [-0.05, 0) is 126 Å². The lowest BCUT2D eigenvalue weighted by Gasteiger charge is -2.29. The van der Waals surface area contributed by atoms with Gasteiger partial charge in [0.15, 0.2) is 5.96 Å². The summed E-state index contributed by atoms with van der Waals surface area (Å²) in [6, 6.07) is -21.0. The summed E-state index contributed by atoms with van der Waals surface area (Å²) < 4.78 is 0. The van der Waals surface area contributed by atoms with Crippen LogP contribution in [-0.2, 0) is 97.5 Å². The smallest absolute Gasteiger partial charge is 0.326 e. The van der Waals surface area contributed by atoms with Crippen LogP contribution in [-0.4, -0.2) is 301 Å². The lowest BCUT2D eigenvalue weighted by molar-refractivity contribution is -0.143. The maximum atomic E-state index is 14.4. The van der Waals surface area contributed by atoms with Crippen LogP contribution in [0.25, 0.3) is 0 Å². The molecule has 0 aliphatic carbocycles. The van der Waals surface area contributed by atoms with Crippen LogP contribution in [0, 0.1) is 17.8 Å². The first-order chi connectivity index (χ1) is 57.6. The number of unbranched alkanes of at least 4 members (excludes halogenated alkanes) is 1. The first kappa shape index (κ1) is 109. The van der Waals surface area contributed by atoms with Gasteiger partial charge in [0.05, 0.1) is 45.0 Å². The molecule has 1 rings (SSSR count). The van der Waals surface area contributed by atoms with Crippen molar-refractivity contribution in [2.75, 3.05) is 39.5 Å². The molecule has 0 spiro atoms. The number of aliphatic hydroxyl groups excluding tert-OH is 5. The van der Waals surface area contributed by atoms with Crippen LogP contribution in [0.4, 0.5) is 0 Å². The summed E-state index contributed by atoms with van der Waals surface area (Å²) in [4.78, 5) is 259. The number of aromatic hydroxyl groups is 1. The molecular formula is C74H123N21O28. The molecule has 0 radical (unpaired) electrons. The van der Waals surface area contributed by atoms with E-state index in [2.05, 4.69) is 79.4 Å². The number of carboxylic acids is 3. The lowest BCUT2D eigenvalue weighted by atomic mass is 10.0. The number of amides is 16. The van der Waals surface area contributed by atoms with Gasteiger partial charge in [0.25, 0.3) is 0 Å². The van der Waals surface area contributed by atoms with Gasteiger partial charge in [0.1, 0.15) is 90.3 Å². The van der Waals surface area contributed by atoms with Gasteiger partial charge in [-0.25, -0.2) is 4.79 Å². The third-order valence-electron chi connectivity index (χ3n) is 18.1. The zero-order valence-electron chi connectivity index (χ0n) is 69.5. The molecule has 16 atom stereocenters. The number of phenolic OH excluding ortho intramolecular Hbond substituents is 1. The van der Waals surface area contributed by atoms with E-state index in [1.807, 2.05) is 0 Å². The van der Waals surface area contributed by atoms with Gasteiger partial charge in [-0.2, -0.15) is 0 Å². The number of phenols is 1. The number of carbonyl (C=O) groups excluding carboxylic acids is 16. The van der Waals surface area contributed by atoms with Crippen molar-refractivity contribution in [3.05, 3.63) is 29.8 Å². The molecule has 0 heterocycles. The molecule has 0 fully saturated rings. The summed E-state index contributed by atoms with van der Waals surface area (Å²) in [5.41, 5.74) is 34.0. The third kappa shape index (κ3) is 42.8. The number of guanidine groups is 1. The highest BCUT2D eigenvalue weighted by molar-refractivity contribution is 6.01. The van der Waals surface area contributed by atoms with E-state index in [0.717, 1.165) is 6.92 Å². The fourth-order valence-electron chi connectivity index (χ4n) is 11.6. The number of aliphatic carboxylic acids is 3. The van der Waals surface area contributed by atoms with Gasteiger partial charge < -0.3 is 155 Å². The van der Waals surface area contributed by atoms with Crippen molar-refractivity contribution in [1.82, 2.24) is 74.4 Å². The molecule has 16 amide bonds. The molecular weight excluding hydrogens is 1630 g/mol. The summed E-state index contributed by atoms with van der Waals surface area (Å²) in [5, 5.41) is 122. The minimum atomic E-state index is -2.10. The minimum absolute atomic E-state index is 0.0499. The highest BCUT2D eigenvalue weighted by Gasteiger charge is 2.40. The van der Waals surface area contributed by atoms with Crippen molar-refractivity contribution in [2.24, 2.45) is 57.1 Å². The van der Waals surface area contributed by atoms with Crippen molar-refractivity contribution in [2.45, 2.75) is 248 Å². The Labute approximate surface area is 707 Å². The van der Waals surface area contributed by atoms with E-state index < -0.39 is 292 Å². The normalized spacial score (nSPS) is 15.1. The Morgan fingerprint density at radius 2 is 0.659 bits per heavy atom. The van der Waals surface area contributed by atoms with Crippen LogP contribution in [0.15, 0.2) is 29.3 Å². The highest BCUT2D eigenvalue weighted by Crippen LogP contribution is 2.16. The van der Waals surface area contributed by atoms with Gasteiger partial charge >= 0.3 is 17.9 Å². The van der Waals surface area contributed by atoms with Crippen molar-refractivity contribution in [3.8, 4) is 5.75 Å². The Bertz CT molecular complexity index is 3770. The quantitative estimate of drug-likeness (QED) is 0.0164. The maximum absolute atomic E-state index is 14.4. The topological polar surface area (TPSA) is 843 Å². The van der Waals surface area contributed by atoms with Crippen molar-refractivity contribution >= 4 is 118 Å². The highest BCUT2D eigenvalue weighted by atomic mass is 16.4. The van der Waals surface area contributed by atoms with Gasteiger partial charge in [0.2, 0.25) is 94.5 Å². The SMILES string of the molecule is CC(C)C[C@H](NC(=O)[C@H](CO)NC(=O)[C@H](CCC(=O)O)NC(=O)[C@H](CCC(N)=O)NC(=O)[C@H](CC(C)C)NC(=O)[C@H](CC(N)=O)NC(=O)[C@@H](NC(=O)[C@H](CO)NC(=O)[C@H](CC(C)C)NC(=O)[C@H](CO)NC(=O)[C@@H](N)Cc1ccc(O)cc1)[C@@H](C)O)C(=O)N[C@@H](CCCN=C(N)N)C(=O)N[C@@H](CO)C(=O)N[C@@H](CCCCN)C(=O)N[C@@H](CCC(=O)O)C(=O)O. The fraction of sp³-hybridized carbons (Fsp3) is 0.649. The Morgan fingerprint density at radius 1 is 0.358 bits per heavy atom. The van der Waals surface area contributed by atoms with Crippen molar-refractivity contribution in [1.29, 1.82) is 0 Å². The number of carbonyl (C=O) groups is 19. The fourth-order valence-corrected chi connectivity index (χ4v) is 11.6. The van der Waals surface area contributed by atoms with Crippen LogP contribution in [0.2, 0.25) is 0 Å². The van der Waals surface area contributed by atoms with E-state index >= 15 is 0 Å². The van der Waals surface area contributed by atoms with E-state index in [-0.39, 0.29) is 82.1 Å². The number of primary amides is 2. The van der Waals surface area contributed by atoms with Crippen molar-refractivity contribution < 1.29 is 137 Å². The Kier molecular flexibility index (Phi) is 50.1. The zero-order valence-corrected chi connectivity index (χ0v) is 69.5. The summed E-state index contributed by atoms with van der Waals surface area (Å²) in [7, 11) is 0. The van der Waals surface area contributed by atoms with Gasteiger partial charge in [-0.15, -0.1) is 0 Å². The molecule has 0 aliphatic heterocycles. The second-order valence-electron chi connectivity index (χ2n) is 30.2. The van der Waals surface area contributed by atoms with Crippen LogP contribution in [0.5, 0.6) is 5.75 Å². The average Bonchev–Trinajstić information content (AvgIpc) is 0.849. The number of nitrogens with two attached hydrogens (primary N) is 6. The molecule has 123 heavy (non-hydrogen) atoms. The maximum Gasteiger partial charge on any atom is 0.326 e. The van der Waals surface area contributed by atoms with Crippen molar-refractivity contribution in [3.63, 3.8) is 0 Å². The number of aliphatic hydroxyl groups is 5. The molecule has 1 aromatic carbocycles. The third-order valence-corrected chi connectivity index (χ3v) is 18.1. The zero-order chi connectivity index (χ0) is 93.7. The van der Waals surface area contributed by atoms with Gasteiger partial charge in [0, 0.05) is 25.8 Å². The van der Waals surface area contributed by atoms with Gasteiger partial charge in [-0.3, -0.25) is 91.3 Å². The molecule has 0 saturated carbocycles. The first-order valence-corrected chi connectivity index (χ1v) is 39.5. The second-order valence-corrected chi connectivity index (χ2v) is 30.2.